The first kappa shape index (κ1) is 19.5. The van der Waals surface area contributed by atoms with E-state index in [0.717, 1.165) is 17.7 Å². The second-order valence-corrected chi connectivity index (χ2v) is 7.08. The summed E-state index contributed by atoms with van der Waals surface area (Å²) >= 11 is 0. The van der Waals surface area contributed by atoms with Crippen molar-refractivity contribution in [3.05, 3.63) is 95.6 Å². The molecule has 3 N–H and O–H groups in total. The van der Waals surface area contributed by atoms with Crippen molar-refractivity contribution in [1.29, 1.82) is 0 Å². The quantitative estimate of drug-likeness (QED) is 0.525. The molecule has 3 aromatic carbocycles. The average Bonchev–Trinajstić information content (AvgIpc) is 3.12. The molecule has 0 fully saturated rings. The van der Waals surface area contributed by atoms with Crippen LogP contribution in [0, 0.1) is 0 Å². The third-order valence-corrected chi connectivity index (χ3v) is 4.92. The molecule has 0 radical (unpaired) electrons. The van der Waals surface area contributed by atoms with Gasteiger partial charge in [-0.15, -0.1) is 0 Å². The van der Waals surface area contributed by atoms with E-state index in [4.69, 9.17) is 0 Å². The van der Waals surface area contributed by atoms with Crippen LogP contribution in [0.4, 0.5) is 11.4 Å². The molecule has 5 nitrogen and oxygen atoms in total. The molecule has 0 saturated carbocycles. The molecule has 150 valence electrons. The summed E-state index contributed by atoms with van der Waals surface area (Å²) in [7, 11) is 0. The second-order valence-electron chi connectivity index (χ2n) is 7.08. The van der Waals surface area contributed by atoms with E-state index < -0.39 is 0 Å². The summed E-state index contributed by atoms with van der Waals surface area (Å²) in [5.41, 5.74) is 4.93. The highest BCUT2D eigenvalue weighted by atomic mass is 16.2. The van der Waals surface area contributed by atoms with Gasteiger partial charge in [-0.1, -0.05) is 55.5 Å². The van der Waals surface area contributed by atoms with Crippen LogP contribution in [0.3, 0.4) is 0 Å². The first-order valence-corrected chi connectivity index (χ1v) is 10.0. The molecular weight excluding hydrogens is 374 g/mol. The third-order valence-electron chi connectivity index (χ3n) is 4.92. The van der Waals surface area contributed by atoms with Gasteiger partial charge in [0.15, 0.2) is 0 Å². The lowest BCUT2D eigenvalue weighted by atomic mass is 9.98. The number of anilines is 2. The molecule has 4 rings (SSSR count). The van der Waals surface area contributed by atoms with Gasteiger partial charge in [0.2, 0.25) is 0 Å². The zero-order valence-corrected chi connectivity index (χ0v) is 16.7. The Kier molecular flexibility index (Phi) is 5.61. The monoisotopic (exact) mass is 397 g/mol. The summed E-state index contributed by atoms with van der Waals surface area (Å²) in [4.78, 5) is 25.5. The number of nitrogens with one attached hydrogen (secondary N) is 3. The standard InChI is InChI=1S/C25H23N3O2/c1-2-15-26-24(29)18-13-14-21-20(16-18)22(25(30)28-21)23(17-9-5-3-6-10-17)27-19-11-7-4-8-12-19/h3-14,16,27H,2,15H2,1H3,(H,26,29)(H,28,30)/b23-22-. The number of amides is 2. The van der Waals surface area contributed by atoms with Crippen molar-refractivity contribution in [3.8, 4) is 0 Å². The highest BCUT2D eigenvalue weighted by Crippen LogP contribution is 2.38. The summed E-state index contributed by atoms with van der Waals surface area (Å²) in [6.45, 7) is 2.62. The van der Waals surface area contributed by atoms with Gasteiger partial charge in [-0.05, 0) is 42.3 Å². The fraction of sp³-hybridized carbons (Fsp3) is 0.120. The number of hydrogen-bond donors (Lipinski definition) is 3. The molecule has 1 aliphatic heterocycles. The third kappa shape index (κ3) is 3.96. The highest BCUT2D eigenvalue weighted by molar-refractivity contribution is 6.37. The number of para-hydroxylation sites is 1. The molecule has 30 heavy (non-hydrogen) atoms. The molecule has 0 aromatic heterocycles. The van der Waals surface area contributed by atoms with Crippen molar-refractivity contribution in [2.75, 3.05) is 17.2 Å². The van der Waals surface area contributed by atoms with Crippen LogP contribution in [0.1, 0.15) is 34.8 Å². The molecule has 1 aliphatic rings. The first-order valence-electron chi connectivity index (χ1n) is 10.0. The lowest BCUT2D eigenvalue weighted by molar-refractivity contribution is -0.110. The molecule has 0 spiro atoms. The zero-order valence-electron chi connectivity index (χ0n) is 16.7. The molecule has 3 aromatic rings. The molecule has 0 saturated heterocycles. The number of carbonyl (C=O) groups is 2. The van der Waals surface area contributed by atoms with Crippen molar-refractivity contribution in [2.24, 2.45) is 0 Å². The van der Waals surface area contributed by atoms with E-state index in [1.54, 1.807) is 18.2 Å². The van der Waals surface area contributed by atoms with Gasteiger partial charge in [0.25, 0.3) is 11.8 Å². The fourth-order valence-corrected chi connectivity index (χ4v) is 3.45. The van der Waals surface area contributed by atoms with Crippen LogP contribution in [-0.4, -0.2) is 18.4 Å². The first-order chi connectivity index (χ1) is 14.7. The number of fused-ring (bicyclic) bond motifs is 1. The normalized spacial score (nSPS) is 14.0. The Labute approximate surface area is 175 Å². The van der Waals surface area contributed by atoms with Crippen LogP contribution in [0.25, 0.3) is 11.3 Å². The number of hydrogen-bond acceptors (Lipinski definition) is 3. The minimum atomic E-state index is -0.196. The van der Waals surface area contributed by atoms with E-state index in [1.807, 2.05) is 67.6 Å². The predicted octanol–water partition coefficient (Wildman–Crippen LogP) is 4.76. The smallest absolute Gasteiger partial charge is 0.258 e. The van der Waals surface area contributed by atoms with E-state index >= 15 is 0 Å². The van der Waals surface area contributed by atoms with E-state index in [1.165, 1.54) is 0 Å². The molecule has 0 aliphatic carbocycles. The van der Waals surface area contributed by atoms with Gasteiger partial charge in [-0.3, -0.25) is 9.59 Å². The van der Waals surface area contributed by atoms with Crippen molar-refractivity contribution in [2.45, 2.75) is 13.3 Å². The molecule has 2 amide bonds. The van der Waals surface area contributed by atoms with Gasteiger partial charge in [0, 0.05) is 29.0 Å². The van der Waals surface area contributed by atoms with Gasteiger partial charge in [0.05, 0.1) is 11.3 Å². The molecule has 1 heterocycles. The van der Waals surface area contributed by atoms with Gasteiger partial charge in [-0.2, -0.15) is 0 Å². The molecule has 0 atom stereocenters. The van der Waals surface area contributed by atoms with Crippen LogP contribution in [-0.2, 0) is 4.79 Å². The van der Waals surface area contributed by atoms with Crippen LogP contribution in [0.5, 0.6) is 0 Å². The van der Waals surface area contributed by atoms with Crippen LogP contribution in [0.15, 0.2) is 78.9 Å². The Morgan fingerprint density at radius 2 is 1.60 bits per heavy atom. The summed E-state index contributed by atoms with van der Waals surface area (Å²) in [5.74, 6) is -0.339. The Morgan fingerprint density at radius 3 is 2.30 bits per heavy atom. The Bertz CT molecular complexity index is 1110. The van der Waals surface area contributed by atoms with E-state index in [9.17, 15) is 9.59 Å². The van der Waals surface area contributed by atoms with Crippen molar-refractivity contribution < 1.29 is 9.59 Å². The zero-order chi connectivity index (χ0) is 20.9. The second kappa shape index (κ2) is 8.66. The molecule has 0 unspecified atom stereocenters. The van der Waals surface area contributed by atoms with E-state index in [0.29, 0.717) is 34.6 Å². The lowest BCUT2D eigenvalue weighted by Crippen LogP contribution is -2.23. The highest BCUT2D eigenvalue weighted by Gasteiger charge is 2.29. The average molecular weight is 397 g/mol. The summed E-state index contributed by atoms with van der Waals surface area (Å²) in [5, 5.41) is 9.22. The Morgan fingerprint density at radius 1 is 0.900 bits per heavy atom. The van der Waals surface area contributed by atoms with E-state index in [2.05, 4.69) is 16.0 Å². The minimum Gasteiger partial charge on any atom is -0.354 e. The molecule has 5 heteroatoms. The summed E-state index contributed by atoms with van der Waals surface area (Å²) in [6, 6.07) is 24.8. The number of rotatable bonds is 6. The van der Waals surface area contributed by atoms with Gasteiger partial charge < -0.3 is 16.0 Å². The molecular formula is C25H23N3O2. The number of carbonyl (C=O) groups excluding carboxylic acids is 2. The predicted molar refractivity (Wildman–Crippen MR) is 121 cm³/mol. The van der Waals surface area contributed by atoms with Crippen molar-refractivity contribution in [1.82, 2.24) is 5.32 Å². The minimum absolute atomic E-state index is 0.143. The maximum atomic E-state index is 13.0. The largest absolute Gasteiger partial charge is 0.354 e. The summed E-state index contributed by atoms with van der Waals surface area (Å²) in [6.07, 6.45) is 0.862. The number of benzene rings is 3. The van der Waals surface area contributed by atoms with Crippen LogP contribution in [0.2, 0.25) is 0 Å². The Hall–Kier alpha value is -3.86. The van der Waals surface area contributed by atoms with Gasteiger partial charge in [-0.25, -0.2) is 0 Å². The van der Waals surface area contributed by atoms with Gasteiger partial charge >= 0.3 is 0 Å². The Balaban J connectivity index is 1.84. The topological polar surface area (TPSA) is 70.2 Å². The maximum absolute atomic E-state index is 13.0. The van der Waals surface area contributed by atoms with Crippen molar-refractivity contribution >= 4 is 34.5 Å². The fourth-order valence-electron chi connectivity index (χ4n) is 3.45. The lowest BCUT2D eigenvalue weighted by Gasteiger charge is -2.15. The van der Waals surface area contributed by atoms with Gasteiger partial charge in [0.1, 0.15) is 0 Å². The van der Waals surface area contributed by atoms with Crippen LogP contribution >= 0.6 is 0 Å². The van der Waals surface area contributed by atoms with E-state index in [-0.39, 0.29) is 11.8 Å². The van der Waals surface area contributed by atoms with Crippen molar-refractivity contribution in [3.63, 3.8) is 0 Å². The SMILES string of the molecule is CCCNC(=O)c1ccc2c(c1)/C(=C(/Nc1ccccc1)c1ccccc1)C(=O)N2. The van der Waals surface area contributed by atoms with Crippen LogP contribution < -0.4 is 16.0 Å². The summed E-state index contributed by atoms with van der Waals surface area (Å²) < 4.78 is 0. The maximum Gasteiger partial charge on any atom is 0.258 e. The molecule has 0 bridgehead atoms.